The molecule has 0 saturated heterocycles. The van der Waals surface area contributed by atoms with E-state index in [4.69, 9.17) is 0 Å². The first kappa shape index (κ1) is 12.5. The van der Waals surface area contributed by atoms with Gasteiger partial charge in [0.2, 0.25) is 5.91 Å². The van der Waals surface area contributed by atoms with E-state index in [-0.39, 0.29) is 11.8 Å². The van der Waals surface area contributed by atoms with Crippen molar-refractivity contribution in [1.82, 2.24) is 10.2 Å². The first-order valence-electron chi connectivity index (χ1n) is 6.10. The molecule has 0 aromatic heterocycles. The molecule has 0 spiro atoms. The predicted octanol–water partition coefficient (Wildman–Crippen LogP) is 1.49. The maximum absolute atomic E-state index is 11.9. The second kappa shape index (κ2) is 6.11. The molecule has 1 unspecified atom stereocenters. The van der Waals surface area contributed by atoms with Crippen molar-refractivity contribution in [3.05, 3.63) is 0 Å². The van der Waals surface area contributed by atoms with Gasteiger partial charge in [0.25, 0.3) is 0 Å². The van der Waals surface area contributed by atoms with Crippen LogP contribution in [-0.2, 0) is 4.79 Å². The van der Waals surface area contributed by atoms with Crippen molar-refractivity contribution in [3.63, 3.8) is 0 Å². The summed E-state index contributed by atoms with van der Waals surface area (Å²) in [7, 11) is 1.93. The third-order valence-electron chi connectivity index (χ3n) is 3.26. The van der Waals surface area contributed by atoms with Crippen LogP contribution in [-0.4, -0.2) is 37.5 Å². The summed E-state index contributed by atoms with van der Waals surface area (Å²) in [5.41, 5.74) is 0. The minimum atomic E-state index is 0.107. The summed E-state index contributed by atoms with van der Waals surface area (Å²) >= 11 is 0. The van der Waals surface area contributed by atoms with Gasteiger partial charge in [0.05, 0.1) is 0 Å². The summed E-state index contributed by atoms with van der Waals surface area (Å²) < 4.78 is 0. The molecule has 0 heterocycles. The molecule has 1 N–H and O–H groups in total. The van der Waals surface area contributed by atoms with Crippen molar-refractivity contribution in [2.24, 2.45) is 11.8 Å². The Labute approximate surface area is 93.2 Å². The maximum Gasteiger partial charge on any atom is 0.226 e. The van der Waals surface area contributed by atoms with Gasteiger partial charge in [0, 0.05) is 26.1 Å². The Morgan fingerprint density at radius 1 is 1.53 bits per heavy atom. The Hall–Kier alpha value is -0.570. The van der Waals surface area contributed by atoms with Crippen molar-refractivity contribution in [1.29, 1.82) is 0 Å². The smallest absolute Gasteiger partial charge is 0.226 e. The second-order valence-electron chi connectivity index (χ2n) is 4.72. The lowest BCUT2D eigenvalue weighted by Crippen LogP contribution is -2.40. The van der Waals surface area contributed by atoms with Gasteiger partial charge in [-0.2, -0.15) is 0 Å². The lowest BCUT2D eigenvalue weighted by molar-refractivity contribution is -0.134. The molecule has 88 valence electrons. The average Bonchev–Trinajstić information content (AvgIpc) is 2.18. The zero-order valence-electron chi connectivity index (χ0n) is 10.3. The van der Waals surface area contributed by atoms with E-state index in [9.17, 15) is 4.79 Å². The highest BCUT2D eigenvalue weighted by Gasteiger charge is 2.23. The SMILES string of the molecule is CCNCC(C)C(=O)N(C)CC1CCC1. The second-order valence-corrected chi connectivity index (χ2v) is 4.72. The van der Waals surface area contributed by atoms with Gasteiger partial charge >= 0.3 is 0 Å². The Kier molecular flexibility index (Phi) is 5.09. The number of hydrogen-bond donors (Lipinski definition) is 1. The van der Waals surface area contributed by atoms with E-state index in [0.29, 0.717) is 0 Å². The quantitative estimate of drug-likeness (QED) is 0.723. The summed E-state index contributed by atoms with van der Waals surface area (Å²) in [4.78, 5) is 13.8. The van der Waals surface area contributed by atoms with Crippen LogP contribution in [0.1, 0.15) is 33.1 Å². The molecular weight excluding hydrogens is 188 g/mol. The molecule has 0 aliphatic heterocycles. The first-order valence-corrected chi connectivity index (χ1v) is 6.10. The van der Waals surface area contributed by atoms with Crippen molar-refractivity contribution in [2.75, 3.05) is 26.7 Å². The van der Waals surface area contributed by atoms with Crippen LogP contribution in [0.4, 0.5) is 0 Å². The number of carbonyl (C=O) groups is 1. The largest absolute Gasteiger partial charge is 0.345 e. The number of nitrogens with zero attached hydrogens (tertiary/aromatic N) is 1. The van der Waals surface area contributed by atoms with Crippen molar-refractivity contribution in [3.8, 4) is 0 Å². The fourth-order valence-corrected chi connectivity index (χ4v) is 1.98. The number of rotatable bonds is 6. The Morgan fingerprint density at radius 3 is 2.67 bits per heavy atom. The van der Waals surface area contributed by atoms with Crippen LogP contribution in [0.25, 0.3) is 0 Å². The van der Waals surface area contributed by atoms with Crippen LogP contribution in [0.3, 0.4) is 0 Å². The van der Waals surface area contributed by atoms with Gasteiger partial charge in [0.15, 0.2) is 0 Å². The Morgan fingerprint density at radius 2 is 2.20 bits per heavy atom. The molecule has 0 aromatic carbocycles. The van der Waals surface area contributed by atoms with Gasteiger partial charge in [-0.3, -0.25) is 4.79 Å². The molecule has 3 nitrogen and oxygen atoms in total. The molecule has 1 rings (SSSR count). The zero-order valence-corrected chi connectivity index (χ0v) is 10.3. The monoisotopic (exact) mass is 212 g/mol. The van der Waals surface area contributed by atoms with Gasteiger partial charge in [-0.05, 0) is 25.3 Å². The topological polar surface area (TPSA) is 32.3 Å². The van der Waals surface area contributed by atoms with Crippen LogP contribution in [0.5, 0.6) is 0 Å². The fourth-order valence-electron chi connectivity index (χ4n) is 1.98. The van der Waals surface area contributed by atoms with E-state index in [1.165, 1.54) is 19.3 Å². The normalized spacial score (nSPS) is 18.3. The average molecular weight is 212 g/mol. The molecule has 0 bridgehead atoms. The van der Waals surface area contributed by atoms with E-state index in [0.717, 1.165) is 25.6 Å². The number of carbonyl (C=O) groups excluding carboxylic acids is 1. The highest BCUT2D eigenvalue weighted by molar-refractivity contribution is 5.78. The summed E-state index contributed by atoms with van der Waals surface area (Å²) in [5.74, 6) is 1.16. The number of hydrogen-bond acceptors (Lipinski definition) is 2. The van der Waals surface area contributed by atoms with Gasteiger partial charge in [-0.15, -0.1) is 0 Å². The van der Waals surface area contributed by atoms with E-state index in [1.807, 2.05) is 18.9 Å². The molecule has 3 heteroatoms. The fraction of sp³-hybridized carbons (Fsp3) is 0.917. The summed E-state index contributed by atoms with van der Waals surface area (Å²) in [5, 5.41) is 3.22. The highest BCUT2D eigenvalue weighted by atomic mass is 16.2. The van der Waals surface area contributed by atoms with Crippen molar-refractivity contribution in [2.45, 2.75) is 33.1 Å². The van der Waals surface area contributed by atoms with E-state index < -0.39 is 0 Å². The van der Waals surface area contributed by atoms with Gasteiger partial charge in [-0.1, -0.05) is 20.3 Å². The molecule has 1 aliphatic carbocycles. The van der Waals surface area contributed by atoms with Crippen LogP contribution >= 0.6 is 0 Å². The predicted molar refractivity (Wildman–Crippen MR) is 62.7 cm³/mol. The summed E-state index contributed by atoms with van der Waals surface area (Å²) in [6.45, 7) is 6.75. The maximum atomic E-state index is 11.9. The molecular formula is C12H24N2O. The molecule has 1 saturated carbocycles. The van der Waals surface area contributed by atoms with Crippen LogP contribution in [0.15, 0.2) is 0 Å². The van der Waals surface area contributed by atoms with Gasteiger partial charge < -0.3 is 10.2 Å². The summed E-state index contributed by atoms with van der Waals surface area (Å²) in [6, 6.07) is 0. The van der Waals surface area contributed by atoms with Gasteiger partial charge in [0.1, 0.15) is 0 Å². The molecule has 0 radical (unpaired) electrons. The number of amides is 1. The standard InChI is InChI=1S/C12H24N2O/c1-4-13-8-10(2)12(15)14(3)9-11-6-5-7-11/h10-11,13H,4-9H2,1-3H3. The van der Waals surface area contributed by atoms with E-state index in [2.05, 4.69) is 12.2 Å². The Balaban J connectivity index is 2.23. The van der Waals surface area contributed by atoms with Crippen molar-refractivity contribution >= 4 is 5.91 Å². The molecule has 1 amide bonds. The molecule has 1 aliphatic rings. The lowest BCUT2D eigenvalue weighted by atomic mass is 9.85. The Bertz CT molecular complexity index is 202. The molecule has 0 aromatic rings. The minimum absolute atomic E-state index is 0.107. The molecule has 1 fully saturated rings. The van der Waals surface area contributed by atoms with E-state index >= 15 is 0 Å². The minimum Gasteiger partial charge on any atom is -0.345 e. The molecule has 15 heavy (non-hydrogen) atoms. The van der Waals surface area contributed by atoms with Crippen LogP contribution in [0, 0.1) is 11.8 Å². The van der Waals surface area contributed by atoms with Crippen LogP contribution in [0.2, 0.25) is 0 Å². The highest BCUT2D eigenvalue weighted by Crippen LogP contribution is 2.26. The molecule has 1 atom stereocenters. The number of nitrogens with one attached hydrogen (secondary N) is 1. The zero-order chi connectivity index (χ0) is 11.3. The first-order chi connectivity index (χ1) is 7.15. The van der Waals surface area contributed by atoms with E-state index in [1.54, 1.807) is 0 Å². The third-order valence-corrected chi connectivity index (χ3v) is 3.26. The van der Waals surface area contributed by atoms with Crippen molar-refractivity contribution < 1.29 is 4.79 Å². The third kappa shape index (κ3) is 3.82. The lowest BCUT2D eigenvalue weighted by Gasteiger charge is -2.31. The summed E-state index contributed by atoms with van der Waals surface area (Å²) in [6.07, 6.45) is 3.96. The van der Waals surface area contributed by atoms with Gasteiger partial charge in [-0.25, -0.2) is 0 Å². The van der Waals surface area contributed by atoms with Crippen LogP contribution < -0.4 is 5.32 Å².